The highest BCUT2D eigenvalue weighted by Gasteiger charge is 2.58. The predicted octanol–water partition coefficient (Wildman–Crippen LogP) is 3.26. The Balaban J connectivity index is 0.866. The summed E-state index contributed by atoms with van der Waals surface area (Å²) in [5, 5.41) is 35.1. The van der Waals surface area contributed by atoms with Gasteiger partial charge in [0.25, 0.3) is 0 Å². The zero-order valence-electron chi connectivity index (χ0n) is 32.5. The highest BCUT2D eigenvalue weighted by molar-refractivity contribution is 6.62. The monoisotopic (exact) mass is 772 g/mol. The number of hydrogen-bond acceptors (Lipinski definition) is 14. The van der Waals surface area contributed by atoms with E-state index in [1.54, 1.807) is 71.4 Å². The maximum absolute atomic E-state index is 12.8. The van der Waals surface area contributed by atoms with Gasteiger partial charge in [0.15, 0.2) is 17.4 Å². The minimum absolute atomic E-state index is 0.109. The first-order valence-electron chi connectivity index (χ1n) is 18.6. The lowest BCUT2D eigenvalue weighted by Gasteiger charge is -2.41. The van der Waals surface area contributed by atoms with Crippen molar-refractivity contribution in [2.45, 2.75) is 96.2 Å². The molecule has 9 rings (SSSR count). The SMILES string of the molecule is CC(C)(O)c1cn(-c2ccc(B3OC(C)(C)C(C)(OC(C)(C)c4cn(-c5ccc(-c6ccc7c(c6)CC6[C@H](Cn8ccnn8)OC(=O)N76)cn5)nn4)O3)cn2)nn1. The van der Waals surface area contributed by atoms with Gasteiger partial charge in [-0.1, -0.05) is 27.8 Å². The standard InChI is InChI=1S/C38H41BN12O6/c1-35(2,53)30-21-49(46-43-30)33-13-10-26(19-41-33)39-56-37(5,6)38(7,57-39)55-36(3,4)31-22-50(47-44-31)32-12-9-24(18-40-32)23-8-11-27-25(16-23)17-28-29(54-34(52)51(27)28)20-48-15-14-42-45-48/h8-16,18-19,21-22,28-29,53H,17,20H2,1-7H3/t28?,29-,38?/m0/s1. The van der Waals surface area contributed by atoms with Crippen molar-refractivity contribution >= 4 is 24.4 Å². The largest absolute Gasteiger partial charge is 0.498 e. The van der Waals surface area contributed by atoms with Crippen molar-refractivity contribution in [2.75, 3.05) is 4.90 Å². The Morgan fingerprint density at radius 1 is 0.895 bits per heavy atom. The second-order valence-electron chi connectivity index (χ2n) is 16.2. The van der Waals surface area contributed by atoms with Crippen molar-refractivity contribution in [3.8, 4) is 22.8 Å². The first-order valence-corrected chi connectivity index (χ1v) is 18.6. The Hall–Kier alpha value is -5.89. The van der Waals surface area contributed by atoms with Crippen molar-refractivity contribution in [3.63, 3.8) is 0 Å². The van der Waals surface area contributed by atoms with E-state index in [2.05, 4.69) is 42.0 Å². The lowest BCUT2D eigenvalue weighted by atomic mass is 9.80. The van der Waals surface area contributed by atoms with Gasteiger partial charge in [-0.2, -0.15) is 0 Å². The van der Waals surface area contributed by atoms with Crippen LogP contribution in [0, 0.1) is 0 Å². The molecule has 57 heavy (non-hydrogen) atoms. The first kappa shape index (κ1) is 36.7. The van der Waals surface area contributed by atoms with Crippen LogP contribution in [0.1, 0.15) is 65.4 Å². The number of nitrogens with zero attached hydrogens (tertiary/aromatic N) is 12. The zero-order valence-corrected chi connectivity index (χ0v) is 32.5. The van der Waals surface area contributed by atoms with Gasteiger partial charge in [-0.25, -0.2) is 28.8 Å². The van der Waals surface area contributed by atoms with Crippen LogP contribution < -0.4 is 10.4 Å². The third-order valence-corrected chi connectivity index (χ3v) is 10.9. The molecule has 6 aromatic rings. The van der Waals surface area contributed by atoms with Crippen LogP contribution in [0.5, 0.6) is 0 Å². The van der Waals surface area contributed by atoms with Crippen LogP contribution in [0.2, 0.25) is 0 Å². The van der Waals surface area contributed by atoms with E-state index in [1.165, 1.54) is 4.68 Å². The maximum Gasteiger partial charge on any atom is 0.498 e. The number of hydrogen-bond donors (Lipinski definition) is 1. The smallest absolute Gasteiger partial charge is 0.442 e. The van der Waals surface area contributed by atoms with E-state index >= 15 is 0 Å². The number of aliphatic hydroxyl groups is 1. The Labute approximate surface area is 327 Å². The molecule has 3 atom stereocenters. The molecular weight excluding hydrogens is 731 g/mol. The molecule has 19 heteroatoms. The van der Waals surface area contributed by atoms with Crippen LogP contribution in [0.25, 0.3) is 22.8 Å². The molecule has 2 fully saturated rings. The van der Waals surface area contributed by atoms with Crippen LogP contribution in [-0.2, 0) is 43.0 Å². The van der Waals surface area contributed by atoms with Gasteiger partial charge in [0.05, 0.1) is 36.9 Å². The summed E-state index contributed by atoms with van der Waals surface area (Å²) in [6.45, 7) is 13.2. The van der Waals surface area contributed by atoms with Crippen molar-refractivity contribution in [1.82, 2.24) is 54.9 Å². The second kappa shape index (κ2) is 13.1. The zero-order chi connectivity index (χ0) is 39.9. The Morgan fingerprint density at radius 3 is 2.25 bits per heavy atom. The highest BCUT2D eigenvalue weighted by atomic mass is 16.8. The number of rotatable bonds is 10. The van der Waals surface area contributed by atoms with E-state index in [-0.39, 0.29) is 18.2 Å². The van der Waals surface area contributed by atoms with Crippen molar-refractivity contribution in [3.05, 3.63) is 96.6 Å². The van der Waals surface area contributed by atoms with Gasteiger partial charge in [0, 0.05) is 29.6 Å². The summed E-state index contributed by atoms with van der Waals surface area (Å²) in [6, 6.07) is 13.5. The Bertz CT molecular complexity index is 2440. The number of aromatic nitrogens is 11. The van der Waals surface area contributed by atoms with E-state index in [0.29, 0.717) is 41.5 Å². The summed E-state index contributed by atoms with van der Waals surface area (Å²) in [7, 11) is -0.759. The van der Waals surface area contributed by atoms with Crippen molar-refractivity contribution in [2.24, 2.45) is 0 Å². The van der Waals surface area contributed by atoms with E-state index in [0.717, 1.165) is 22.4 Å². The normalized spacial score (nSPS) is 21.6. The minimum Gasteiger partial charge on any atom is -0.442 e. The van der Waals surface area contributed by atoms with E-state index < -0.39 is 29.7 Å². The summed E-state index contributed by atoms with van der Waals surface area (Å²) in [4.78, 5) is 23.8. The third-order valence-electron chi connectivity index (χ3n) is 10.9. The molecule has 0 saturated carbocycles. The molecule has 2 unspecified atom stereocenters. The topological polar surface area (TPSA) is 195 Å². The number of pyridine rings is 2. The molecule has 0 radical (unpaired) electrons. The molecule has 0 spiro atoms. The van der Waals surface area contributed by atoms with Crippen LogP contribution >= 0.6 is 0 Å². The van der Waals surface area contributed by atoms with Gasteiger partial charge >= 0.3 is 13.2 Å². The van der Waals surface area contributed by atoms with E-state index in [9.17, 15) is 9.90 Å². The van der Waals surface area contributed by atoms with Crippen LogP contribution in [0.3, 0.4) is 0 Å². The lowest BCUT2D eigenvalue weighted by Crippen LogP contribution is -2.51. The molecule has 3 aliphatic rings. The average molecular weight is 773 g/mol. The molecule has 1 N–H and O–H groups in total. The van der Waals surface area contributed by atoms with Crippen molar-refractivity contribution < 1.29 is 28.7 Å². The number of fused-ring (bicyclic) bond motifs is 3. The number of carbonyl (C=O) groups is 1. The highest BCUT2D eigenvalue weighted by Crippen LogP contribution is 2.44. The van der Waals surface area contributed by atoms with Gasteiger partial charge in [-0.05, 0) is 96.3 Å². The first-order chi connectivity index (χ1) is 27.1. The second-order valence-corrected chi connectivity index (χ2v) is 16.2. The molecule has 1 amide bonds. The van der Waals surface area contributed by atoms with Crippen LogP contribution in [-0.4, -0.2) is 96.8 Å². The molecule has 0 bridgehead atoms. The molecule has 1 aromatic carbocycles. The fourth-order valence-electron chi connectivity index (χ4n) is 7.37. The fraction of sp³-hybridized carbons (Fsp3) is 0.395. The summed E-state index contributed by atoms with van der Waals surface area (Å²) >= 11 is 0. The van der Waals surface area contributed by atoms with Gasteiger partial charge in [0.1, 0.15) is 34.3 Å². The molecule has 18 nitrogen and oxygen atoms in total. The van der Waals surface area contributed by atoms with Crippen molar-refractivity contribution in [1.29, 1.82) is 0 Å². The molecule has 5 aromatic heterocycles. The Kier molecular flexibility index (Phi) is 8.43. The van der Waals surface area contributed by atoms with Gasteiger partial charge < -0.3 is 23.9 Å². The number of amides is 1. The fourth-order valence-corrected chi connectivity index (χ4v) is 7.37. The minimum atomic E-state index is -1.19. The number of ether oxygens (including phenoxy) is 2. The molecule has 292 valence electrons. The van der Waals surface area contributed by atoms with Gasteiger partial charge in [-0.15, -0.1) is 15.3 Å². The van der Waals surface area contributed by atoms with Gasteiger partial charge in [0.2, 0.25) is 0 Å². The van der Waals surface area contributed by atoms with E-state index in [4.69, 9.17) is 23.8 Å². The maximum atomic E-state index is 12.8. The lowest BCUT2D eigenvalue weighted by molar-refractivity contribution is -0.270. The third kappa shape index (κ3) is 6.55. The summed E-state index contributed by atoms with van der Waals surface area (Å²) < 4.78 is 30.0. The summed E-state index contributed by atoms with van der Waals surface area (Å²) in [6.07, 6.45) is 10.3. The summed E-state index contributed by atoms with van der Waals surface area (Å²) in [5.74, 6) is -0.0841. The predicted molar refractivity (Wildman–Crippen MR) is 203 cm³/mol. The molecule has 0 aliphatic carbocycles. The number of cyclic esters (lactones) is 1. The summed E-state index contributed by atoms with van der Waals surface area (Å²) in [5.41, 5.74) is 2.60. The number of anilines is 1. The molecular formula is C38H41BN12O6. The molecule has 2 saturated heterocycles. The van der Waals surface area contributed by atoms with Gasteiger partial charge in [-0.3, -0.25) is 4.90 Å². The Morgan fingerprint density at radius 2 is 1.60 bits per heavy atom. The molecule has 8 heterocycles. The van der Waals surface area contributed by atoms with Crippen LogP contribution in [0.15, 0.2) is 79.6 Å². The molecule has 3 aliphatic heterocycles. The average Bonchev–Trinajstić information content (AvgIpc) is 4.02. The number of carbonyl (C=O) groups excluding carboxylic acids is 1. The van der Waals surface area contributed by atoms with E-state index in [1.807, 2.05) is 65.0 Å². The quantitative estimate of drug-likeness (QED) is 0.199. The number of benzene rings is 1. The van der Waals surface area contributed by atoms with Crippen LogP contribution in [0.4, 0.5) is 10.5 Å².